The van der Waals surface area contributed by atoms with Gasteiger partial charge in [0.05, 0.1) is 5.56 Å². The lowest BCUT2D eigenvalue weighted by atomic mass is 9.86. The van der Waals surface area contributed by atoms with Gasteiger partial charge < -0.3 is 15.1 Å². The van der Waals surface area contributed by atoms with Crippen LogP contribution in [0.25, 0.3) is 0 Å². The second kappa shape index (κ2) is 11.3. The molecule has 0 aromatic carbocycles. The molecule has 6 heteroatoms. The first-order valence-corrected chi connectivity index (χ1v) is 11.8. The van der Waals surface area contributed by atoms with Crippen molar-refractivity contribution in [2.24, 2.45) is 11.8 Å². The van der Waals surface area contributed by atoms with E-state index in [-0.39, 0.29) is 5.91 Å². The number of piperazine rings is 1. The Morgan fingerprint density at radius 1 is 1.10 bits per heavy atom. The molecule has 0 spiro atoms. The number of pyridine rings is 1. The molecule has 0 atom stereocenters. The number of rotatable bonds is 8. The van der Waals surface area contributed by atoms with Crippen LogP contribution in [0.5, 0.6) is 0 Å². The minimum atomic E-state index is -0.0666. The normalized spacial score (nSPS) is 18.0. The van der Waals surface area contributed by atoms with Crippen molar-refractivity contribution in [3.05, 3.63) is 23.9 Å². The van der Waals surface area contributed by atoms with Crippen molar-refractivity contribution < 1.29 is 9.59 Å². The van der Waals surface area contributed by atoms with Crippen molar-refractivity contribution in [2.45, 2.75) is 65.2 Å². The van der Waals surface area contributed by atoms with Crippen LogP contribution in [0.3, 0.4) is 0 Å². The average Bonchev–Trinajstić information content (AvgIpc) is 2.78. The van der Waals surface area contributed by atoms with Crippen LogP contribution >= 0.6 is 0 Å². The second-order valence-corrected chi connectivity index (χ2v) is 9.25. The van der Waals surface area contributed by atoms with Crippen LogP contribution in [0.4, 0.5) is 5.82 Å². The first kappa shape index (κ1) is 22.6. The second-order valence-electron chi connectivity index (χ2n) is 9.25. The molecule has 6 nitrogen and oxygen atoms in total. The number of carbonyl (C=O) groups is 2. The van der Waals surface area contributed by atoms with Crippen LogP contribution < -0.4 is 10.2 Å². The molecule has 2 aliphatic rings. The zero-order valence-corrected chi connectivity index (χ0v) is 18.7. The molecule has 1 aliphatic heterocycles. The Hall–Kier alpha value is -2.11. The summed E-state index contributed by atoms with van der Waals surface area (Å²) in [7, 11) is 0. The summed E-state index contributed by atoms with van der Waals surface area (Å²) < 4.78 is 0. The number of carbonyl (C=O) groups excluding carboxylic acids is 2. The Balaban J connectivity index is 1.40. The van der Waals surface area contributed by atoms with Crippen molar-refractivity contribution in [2.75, 3.05) is 37.6 Å². The number of nitrogens with one attached hydrogen (secondary N) is 1. The highest BCUT2D eigenvalue weighted by molar-refractivity contribution is 5.94. The number of nitrogens with zero attached hydrogens (tertiary/aromatic N) is 3. The molecule has 2 heterocycles. The fraction of sp³-hybridized carbons (Fsp3) is 0.708. The van der Waals surface area contributed by atoms with Crippen LogP contribution in [0, 0.1) is 11.8 Å². The van der Waals surface area contributed by atoms with Gasteiger partial charge >= 0.3 is 0 Å². The number of hydrogen-bond acceptors (Lipinski definition) is 4. The van der Waals surface area contributed by atoms with E-state index in [1.807, 2.05) is 17.0 Å². The number of hydrogen-bond donors (Lipinski definition) is 1. The third-order valence-electron chi connectivity index (χ3n) is 6.46. The van der Waals surface area contributed by atoms with Gasteiger partial charge in [0, 0.05) is 45.3 Å². The lowest BCUT2D eigenvalue weighted by Crippen LogP contribution is -2.49. The Kier molecular flexibility index (Phi) is 8.52. The van der Waals surface area contributed by atoms with Crippen molar-refractivity contribution in [1.82, 2.24) is 15.2 Å². The van der Waals surface area contributed by atoms with E-state index in [0.29, 0.717) is 30.4 Å². The van der Waals surface area contributed by atoms with Crippen molar-refractivity contribution >= 4 is 17.6 Å². The highest BCUT2D eigenvalue weighted by atomic mass is 16.2. The summed E-state index contributed by atoms with van der Waals surface area (Å²) in [6, 6.07) is 3.76. The molecule has 1 saturated heterocycles. The van der Waals surface area contributed by atoms with Gasteiger partial charge in [0.2, 0.25) is 5.91 Å². The number of anilines is 1. The quantitative estimate of drug-likeness (QED) is 0.701. The molecule has 0 unspecified atom stereocenters. The topological polar surface area (TPSA) is 65.5 Å². The van der Waals surface area contributed by atoms with Crippen molar-refractivity contribution in [3.8, 4) is 0 Å². The molecule has 3 rings (SSSR count). The van der Waals surface area contributed by atoms with E-state index in [2.05, 4.69) is 29.0 Å². The maximum absolute atomic E-state index is 12.6. The summed E-state index contributed by atoms with van der Waals surface area (Å²) in [4.78, 5) is 33.5. The number of aromatic nitrogens is 1. The summed E-state index contributed by atoms with van der Waals surface area (Å²) in [5.74, 6) is 2.45. The lowest BCUT2D eigenvalue weighted by Gasteiger charge is -2.35. The van der Waals surface area contributed by atoms with Crippen molar-refractivity contribution in [3.63, 3.8) is 0 Å². The SMILES string of the molecule is CC(C)CCNC(=O)c1ccc(N2CCN(C(=O)CCC3CCCCC3)CC2)nc1. The first-order valence-electron chi connectivity index (χ1n) is 11.8. The third kappa shape index (κ3) is 6.71. The summed E-state index contributed by atoms with van der Waals surface area (Å²) in [5.41, 5.74) is 0.596. The fourth-order valence-corrected chi connectivity index (χ4v) is 4.43. The summed E-state index contributed by atoms with van der Waals surface area (Å²) in [6.07, 6.45) is 11.0. The molecule has 1 aromatic heterocycles. The van der Waals surface area contributed by atoms with Crippen molar-refractivity contribution in [1.29, 1.82) is 0 Å². The molecule has 2 fully saturated rings. The summed E-state index contributed by atoms with van der Waals surface area (Å²) in [5, 5.41) is 2.95. The van der Waals surface area contributed by atoms with Crippen LogP contribution in [0.15, 0.2) is 18.3 Å². The van der Waals surface area contributed by atoms with E-state index in [0.717, 1.165) is 50.8 Å². The minimum Gasteiger partial charge on any atom is -0.353 e. The monoisotopic (exact) mass is 414 g/mol. The van der Waals surface area contributed by atoms with E-state index in [1.54, 1.807) is 6.20 Å². The first-order chi connectivity index (χ1) is 14.5. The zero-order chi connectivity index (χ0) is 21.3. The van der Waals surface area contributed by atoms with Crippen LogP contribution in [0.2, 0.25) is 0 Å². The Morgan fingerprint density at radius 3 is 2.47 bits per heavy atom. The molecular weight excluding hydrogens is 376 g/mol. The Labute approximate surface area is 181 Å². The van der Waals surface area contributed by atoms with Gasteiger partial charge in [-0.25, -0.2) is 4.98 Å². The predicted octanol–water partition coefficient (Wildman–Crippen LogP) is 3.87. The van der Waals surface area contributed by atoms with Gasteiger partial charge in [-0.2, -0.15) is 0 Å². The molecule has 1 aliphatic carbocycles. The molecular formula is C24H38N4O2. The highest BCUT2D eigenvalue weighted by Crippen LogP contribution is 2.27. The predicted molar refractivity (Wildman–Crippen MR) is 121 cm³/mol. The standard InChI is InChI=1S/C24H38N4O2/c1-19(2)12-13-25-24(30)21-9-10-22(26-18-21)27-14-16-28(17-15-27)23(29)11-8-20-6-4-3-5-7-20/h9-10,18-20H,3-8,11-17H2,1-2H3,(H,25,30). The molecule has 0 radical (unpaired) electrons. The largest absolute Gasteiger partial charge is 0.353 e. The van der Waals surface area contributed by atoms with Gasteiger partial charge in [0.25, 0.3) is 5.91 Å². The maximum Gasteiger partial charge on any atom is 0.252 e. The molecule has 1 N–H and O–H groups in total. The maximum atomic E-state index is 12.6. The van der Waals surface area contributed by atoms with Gasteiger partial charge in [-0.05, 0) is 36.8 Å². The van der Waals surface area contributed by atoms with Gasteiger partial charge in [-0.1, -0.05) is 46.0 Å². The smallest absolute Gasteiger partial charge is 0.252 e. The Bertz CT molecular complexity index is 675. The van der Waals surface area contributed by atoms with Crippen LogP contribution in [-0.2, 0) is 4.79 Å². The van der Waals surface area contributed by atoms with Gasteiger partial charge in [-0.3, -0.25) is 9.59 Å². The highest BCUT2D eigenvalue weighted by Gasteiger charge is 2.23. The third-order valence-corrected chi connectivity index (χ3v) is 6.46. The molecule has 1 saturated carbocycles. The van der Waals surface area contributed by atoms with E-state index in [9.17, 15) is 9.59 Å². The Morgan fingerprint density at radius 2 is 1.83 bits per heavy atom. The van der Waals surface area contributed by atoms with Gasteiger partial charge in [-0.15, -0.1) is 0 Å². The summed E-state index contributed by atoms with van der Waals surface area (Å²) >= 11 is 0. The number of amides is 2. The van der Waals surface area contributed by atoms with Crippen LogP contribution in [0.1, 0.15) is 75.6 Å². The molecule has 30 heavy (non-hydrogen) atoms. The van der Waals surface area contributed by atoms with Gasteiger partial charge in [0.15, 0.2) is 0 Å². The molecule has 1 aromatic rings. The van der Waals surface area contributed by atoms with Crippen LogP contribution in [-0.4, -0.2) is 54.4 Å². The molecule has 0 bridgehead atoms. The van der Waals surface area contributed by atoms with E-state index >= 15 is 0 Å². The lowest BCUT2D eigenvalue weighted by molar-refractivity contribution is -0.131. The zero-order valence-electron chi connectivity index (χ0n) is 18.7. The fourth-order valence-electron chi connectivity index (χ4n) is 4.43. The molecule has 2 amide bonds. The van der Waals surface area contributed by atoms with Gasteiger partial charge in [0.1, 0.15) is 5.82 Å². The summed E-state index contributed by atoms with van der Waals surface area (Å²) in [6.45, 7) is 8.07. The average molecular weight is 415 g/mol. The minimum absolute atomic E-state index is 0.0666. The van der Waals surface area contributed by atoms with E-state index < -0.39 is 0 Å². The molecule has 166 valence electrons. The van der Waals surface area contributed by atoms with E-state index in [4.69, 9.17) is 0 Å². The van der Waals surface area contributed by atoms with E-state index in [1.165, 1.54) is 32.1 Å².